The Morgan fingerprint density at radius 2 is 0.420 bits per heavy atom. The van der Waals surface area contributed by atoms with Gasteiger partial charge in [-0.25, -0.2) is 0 Å². The lowest BCUT2D eigenvalue weighted by Gasteiger charge is -1.89. The van der Waals surface area contributed by atoms with E-state index in [-0.39, 0.29) is 28.9 Å². The van der Waals surface area contributed by atoms with Crippen LogP contribution in [0, 0.1) is 0 Å². The van der Waals surface area contributed by atoms with Crippen LogP contribution in [0.25, 0.3) is 0 Å². The number of hydrogen-bond acceptors (Lipinski definition) is 5. The maximum absolute atomic E-state index is 10.4. The first-order chi connectivity index (χ1) is 23.9. The summed E-state index contributed by atoms with van der Waals surface area (Å²) in [6, 6.07) is 0. The molecule has 0 saturated heterocycles. The Morgan fingerprint density at radius 3 is 0.520 bits per heavy atom. The summed E-state index contributed by atoms with van der Waals surface area (Å²) in [5, 5.41) is 0. The molecule has 0 aromatic carbocycles. The predicted molar refractivity (Wildman–Crippen MR) is 220 cm³/mol. The number of allylic oxidation sites excluding steroid dienone is 10. The third kappa shape index (κ3) is 85.1. The summed E-state index contributed by atoms with van der Waals surface area (Å²) >= 11 is 0. The van der Waals surface area contributed by atoms with E-state index in [9.17, 15) is 24.0 Å². The highest BCUT2D eigenvalue weighted by molar-refractivity contribution is 5.88. The zero-order valence-electron chi connectivity index (χ0n) is 34.5. The van der Waals surface area contributed by atoms with Crippen molar-refractivity contribution in [3.63, 3.8) is 0 Å². The summed E-state index contributed by atoms with van der Waals surface area (Å²) in [6.45, 7) is 18.8. The smallest absolute Gasteiger partial charge is 0.152 e. The molecule has 0 heterocycles. The monoisotopic (exact) mass is 701 g/mol. The zero-order chi connectivity index (χ0) is 39.1. The first kappa shape index (κ1) is 56.4. The van der Waals surface area contributed by atoms with E-state index in [1.807, 2.05) is 30.4 Å². The van der Waals surface area contributed by atoms with Crippen LogP contribution in [0.3, 0.4) is 0 Å². The van der Waals surface area contributed by atoms with Crippen molar-refractivity contribution in [1.29, 1.82) is 0 Å². The van der Waals surface area contributed by atoms with Crippen LogP contribution in [0.2, 0.25) is 0 Å². The van der Waals surface area contributed by atoms with Gasteiger partial charge in [-0.2, -0.15) is 0 Å². The lowest BCUT2D eigenvalue weighted by atomic mass is 10.2. The van der Waals surface area contributed by atoms with Crippen molar-refractivity contribution >= 4 is 28.9 Å². The van der Waals surface area contributed by atoms with Crippen LogP contribution in [0.15, 0.2) is 60.8 Å². The van der Waals surface area contributed by atoms with Crippen LogP contribution in [-0.4, -0.2) is 28.9 Å². The first-order valence-electron chi connectivity index (χ1n) is 19.7. The number of unbranched alkanes of at least 4 members (excludes halogenated alkanes) is 15. The molecule has 290 valence electrons. The average Bonchev–Trinajstić information content (AvgIpc) is 3.05. The Balaban J connectivity index is -0.000000169. The molecule has 0 aliphatic carbocycles. The minimum Gasteiger partial charge on any atom is -0.295 e. The fourth-order valence-corrected chi connectivity index (χ4v) is 3.81. The second-order valence-corrected chi connectivity index (χ2v) is 12.5. The second-order valence-electron chi connectivity index (χ2n) is 12.5. The van der Waals surface area contributed by atoms with Crippen LogP contribution in [0.5, 0.6) is 0 Å². The third-order valence-electron chi connectivity index (χ3n) is 6.63. The minimum absolute atomic E-state index is 0.150. The first-order valence-corrected chi connectivity index (χ1v) is 19.7. The van der Waals surface area contributed by atoms with E-state index >= 15 is 0 Å². The third-order valence-corrected chi connectivity index (χ3v) is 6.63. The standard InChI is InChI=1S/5C9H16O/c5*1-3-4-5-6-7-8-9(2)10/h5*7-8H,3-6H2,1-2H3. The van der Waals surface area contributed by atoms with Gasteiger partial charge in [0.15, 0.2) is 28.9 Å². The molecule has 0 aromatic rings. The van der Waals surface area contributed by atoms with Gasteiger partial charge in [0.2, 0.25) is 0 Å². The fraction of sp³-hybridized carbons (Fsp3) is 0.667. The van der Waals surface area contributed by atoms with E-state index in [1.165, 1.54) is 96.3 Å². The van der Waals surface area contributed by atoms with Crippen LogP contribution < -0.4 is 0 Å². The van der Waals surface area contributed by atoms with E-state index < -0.39 is 0 Å². The highest BCUT2D eigenvalue weighted by Gasteiger charge is 1.86. The van der Waals surface area contributed by atoms with E-state index in [4.69, 9.17) is 0 Å². The van der Waals surface area contributed by atoms with Gasteiger partial charge in [-0.15, -0.1) is 0 Å². The zero-order valence-corrected chi connectivity index (χ0v) is 34.5. The maximum Gasteiger partial charge on any atom is 0.152 e. The molecule has 50 heavy (non-hydrogen) atoms. The van der Waals surface area contributed by atoms with Gasteiger partial charge in [0, 0.05) is 0 Å². The van der Waals surface area contributed by atoms with E-state index in [0.29, 0.717) is 0 Å². The average molecular weight is 701 g/mol. The molecule has 0 bridgehead atoms. The lowest BCUT2D eigenvalue weighted by Crippen LogP contribution is -1.79. The summed E-state index contributed by atoms with van der Waals surface area (Å²) in [7, 11) is 0. The van der Waals surface area contributed by atoms with Crippen molar-refractivity contribution in [1.82, 2.24) is 0 Å². The van der Waals surface area contributed by atoms with Gasteiger partial charge in [0.05, 0.1) is 0 Å². The SMILES string of the molecule is CCCCCC=CC(C)=O.CCCCCC=CC(C)=O.CCCCCC=CC(C)=O.CCCCCC=CC(C)=O.CCCCCC=CC(C)=O. The second kappa shape index (κ2) is 52.9. The van der Waals surface area contributed by atoms with Crippen LogP contribution in [0.1, 0.15) is 198 Å². The molecule has 0 atom stereocenters. The van der Waals surface area contributed by atoms with Gasteiger partial charge in [-0.1, -0.05) is 129 Å². The van der Waals surface area contributed by atoms with E-state index in [1.54, 1.807) is 65.0 Å². The maximum atomic E-state index is 10.4. The van der Waals surface area contributed by atoms with Gasteiger partial charge in [0.1, 0.15) is 0 Å². The molecule has 0 unspecified atom stereocenters. The highest BCUT2D eigenvalue weighted by atomic mass is 16.1. The molecule has 0 fully saturated rings. The molecule has 0 aliphatic heterocycles. The fourth-order valence-electron chi connectivity index (χ4n) is 3.81. The minimum atomic E-state index is 0.150. The summed E-state index contributed by atoms with van der Waals surface area (Å²) < 4.78 is 0. The van der Waals surface area contributed by atoms with Crippen LogP contribution >= 0.6 is 0 Å². The Morgan fingerprint density at radius 1 is 0.280 bits per heavy atom. The molecule has 0 rings (SSSR count). The van der Waals surface area contributed by atoms with Crippen molar-refractivity contribution in [2.75, 3.05) is 0 Å². The number of ketones is 5. The number of carbonyl (C=O) groups is 5. The van der Waals surface area contributed by atoms with Crippen molar-refractivity contribution in [3.8, 4) is 0 Å². The topological polar surface area (TPSA) is 85.3 Å². The highest BCUT2D eigenvalue weighted by Crippen LogP contribution is 2.02. The van der Waals surface area contributed by atoms with Crippen molar-refractivity contribution in [2.45, 2.75) is 198 Å². The number of hydrogen-bond donors (Lipinski definition) is 0. The van der Waals surface area contributed by atoms with Gasteiger partial charge >= 0.3 is 0 Å². The largest absolute Gasteiger partial charge is 0.295 e. The van der Waals surface area contributed by atoms with Gasteiger partial charge in [0.25, 0.3) is 0 Å². The molecule has 0 N–H and O–H groups in total. The Bertz CT molecular complexity index is 744. The summed E-state index contributed by atoms with van der Waals surface area (Å²) in [6.07, 6.45) is 41.9. The number of rotatable bonds is 25. The molecule has 0 radical (unpaired) electrons. The molecule has 5 heteroatoms. The van der Waals surface area contributed by atoms with Crippen LogP contribution in [-0.2, 0) is 24.0 Å². The van der Waals surface area contributed by atoms with E-state index in [0.717, 1.165) is 32.1 Å². The van der Waals surface area contributed by atoms with Crippen LogP contribution in [0.4, 0.5) is 0 Å². The summed E-state index contributed by atoms with van der Waals surface area (Å²) in [4.78, 5) is 51.9. The Hall–Kier alpha value is -2.95. The normalized spacial score (nSPS) is 10.6. The lowest BCUT2D eigenvalue weighted by molar-refractivity contribution is -0.113. The van der Waals surface area contributed by atoms with Gasteiger partial charge in [-0.3, -0.25) is 24.0 Å². The van der Waals surface area contributed by atoms with E-state index in [2.05, 4.69) is 34.6 Å². The number of carbonyl (C=O) groups excluding carboxylic acids is 5. The van der Waals surface area contributed by atoms with Crippen molar-refractivity contribution < 1.29 is 24.0 Å². The van der Waals surface area contributed by atoms with Crippen molar-refractivity contribution in [2.24, 2.45) is 0 Å². The van der Waals surface area contributed by atoms with Crippen molar-refractivity contribution in [3.05, 3.63) is 60.8 Å². The van der Waals surface area contributed by atoms with Gasteiger partial charge in [-0.05, 0) is 129 Å². The molecule has 0 aromatic heterocycles. The Kier molecular flexibility index (Phi) is 59.6. The quantitative estimate of drug-likeness (QED) is 0.0699. The van der Waals surface area contributed by atoms with Gasteiger partial charge < -0.3 is 0 Å². The molecule has 0 aliphatic rings. The summed E-state index contributed by atoms with van der Waals surface area (Å²) in [5.74, 6) is 0.748. The molecular weight excluding hydrogens is 620 g/mol. The molecule has 0 saturated carbocycles. The molecule has 0 spiro atoms. The molecule has 0 amide bonds. The Labute approximate surface area is 310 Å². The predicted octanol–water partition coefficient (Wildman–Crippen LogP) is 13.6. The molecule has 5 nitrogen and oxygen atoms in total. The molecular formula is C45H80O5. The summed E-state index contributed by atoms with van der Waals surface area (Å²) in [5.41, 5.74) is 0.